The van der Waals surface area contributed by atoms with Crippen molar-refractivity contribution >= 4 is 11.6 Å². The molecule has 21 heavy (non-hydrogen) atoms. The van der Waals surface area contributed by atoms with Gasteiger partial charge >= 0.3 is 0 Å². The molecule has 0 fully saturated rings. The second kappa shape index (κ2) is 7.14. The zero-order valence-electron chi connectivity index (χ0n) is 12.0. The van der Waals surface area contributed by atoms with Gasteiger partial charge in [-0.25, -0.2) is 0 Å². The van der Waals surface area contributed by atoms with Crippen LogP contribution in [0.1, 0.15) is 6.92 Å². The molecule has 2 aromatic carbocycles. The maximum atomic E-state index is 11.4. The average Bonchev–Trinajstić information content (AvgIpc) is 2.50. The molecule has 0 aliphatic rings. The van der Waals surface area contributed by atoms with E-state index in [1.807, 2.05) is 24.3 Å². The van der Waals surface area contributed by atoms with Crippen LogP contribution in [0.5, 0.6) is 17.2 Å². The molecule has 1 N–H and O–H groups in total. The number of rotatable bonds is 5. The van der Waals surface area contributed by atoms with E-state index in [1.165, 1.54) is 6.08 Å². The molecule has 4 heteroatoms. The molecule has 0 heterocycles. The summed E-state index contributed by atoms with van der Waals surface area (Å²) >= 11 is 0. The SMILES string of the molecule is C/C=C/C(=O)Nc1ccc(Oc2ccccc2OC)cc1. The molecule has 0 aromatic heterocycles. The first kappa shape index (κ1) is 14.7. The van der Waals surface area contributed by atoms with Gasteiger partial charge in [0.15, 0.2) is 11.5 Å². The summed E-state index contributed by atoms with van der Waals surface area (Å²) in [6.45, 7) is 1.80. The number of ether oxygens (including phenoxy) is 2. The molecular weight excluding hydrogens is 266 g/mol. The Labute approximate surface area is 124 Å². The summed E-state index contributed by atoms with van der Waals surface area (Å²) < 4.78 is 11.0. The van der Waals surface area contributed by atoms with Gasteiger partial charge in [-0.05, 0) is 49.4 Å². The highest BCUT2D eigenvalue weighted by atomic mass is 16.5. The fraction of sp³-hybridized carbons (Fsp3) is 0.118. The number of amides is 1. The monoisotopic (exact) mass is 283 g/mol. The first-order valence-corrected chi connectivity index (χ1v) is 6.57. The molecule has 2 rings (SSSR count). The highest BCUT2D eigenvalue weighted by molar-refractivity contribution is 5.99. The van der Waals surface area contributed by atoms with Crippen LogP contribution in [0.15, 0.2) is 60.7 Å². The molecule has 2 aromatic rings. The van der Waals surface area contributed by atoms with Crippen LogP contribution in [-0.2, 0) is 4.79 Å². The minimum atomic E-state index is -0.157. The first-order chi connectivity index (χ1) is 10.2. The van der Waals surface area contributed by atoms with Crippen LogP contribution >= 0.6 is 0 Å². The van der Waals surface area contributed by atoms with Gasteiger partial charge in [-0.1, -0.05) is 18.2 Å². The Bertz CT molecular complexity index is 633. The molecule has 0 unspecified atom stereocenters. The highest BCUT2D eigenvalue weighted by Crippen LogP contribution is 2.31. The maximum absolute atomic E-state index is 11.4. The fourth-order valence-corrected chi connectivity index (χ4v) is 1.77. The predicted octanol–water partition coefficient (Wildman–Crippen LogP) is 4.00. The second-order valence-electron chi connectivity index (χ2n) is 4.27. The van der Waals surface area contributed by atoms with Crippen molar-refractivity contribution in [3.8, 4) is 17.2 Å². The molecule has 0 saturated heterocycles. The third-order valence-electron chi connectivity index (χ3n) is 2.74. The summed E-state index contributed by atoms with van der Waals surface area (Å²) in [6, 6.07) is 14.6. The summed E-state index contributed by atoms with van der Waals surface area (Å²) in [6.07, 6.45) is 3.16. The quantitative estimate of drug-likeness (QED) is 0.844. The summed E-state index contributed by atoms with van der Waals surface area (Å²) in [4.78, 5) is 11.4. The Balaban J connectivity index is 2.07. The van der Waals surface area contributed by atoms with Crippen molar-refractivity contribution in [1.29, 1.82) is 0 Å². The number of benzene rings is 2. The van der Waals surface area contributed by atoms with Crippen LogP contribution in [0.2, 0.25) is 0 Å². The summed E-state index contributed by atoms with van der Waals surface area (Å²) in [5.74, 6) is 1.83. The third-order valence-corrected chi connectivity index (χ3v) is 2.74. The lowest BCUT2D eigenvalue weighted by molar-refractivity contribution is -0.111. The van der Waals surface area contributed by atoms with E-state index in [2.05, 4.69) is 5.32 Å². The van der Waals surface area contributed by atoms with Crippen molar-refractivity contribution in [3.05, 3.63) is 60.7 Å². The maximum Gasteiger partial charge on any atom is 0.248 e. The topological polar surface area (TPSA) is 47.6 Å². The van der Waals surface area contributed by atoms with Crippen LogP contribution in [0.3, 0.4) is 0 Å². The lowest BCUT2D eigenvalue weighted by Crippen LogP contribution is -2.07. The van der Waals surface area contributed by atoms with E-state index in [0.29, 0.717) is 22.9 Å². The molecule has 0 radical (unpaired) electrons. The van der Waals surface area contributed by atoms with Gasteiger partial charge in [0, 0.05) is 5.69 Å². The zero-order chi connectivity index (χ0) is 15.1. The van der Waals surface area contributed by atoms with E-state index in [0.717, 1.165) is 0 Å². The molecule has 0 saturated carbocycles. The van der Waals surface area contributed by atoms with Gasteiger partial charge in [0.05, 0.1) is 7.11 Å². The van der Waals surface area contributed by atoms with Crippen LogP contribution in [0.4, 0.5) is 5.69 Å². The normalized spacial score (nSPS) is 10.4. The standard InChI is InChI=1S/C17H17NO3/c1-3-6-17(19)18-13-9-11-14(12-10-13)21-16-8-5-4-7-15(16)20-2/h3-12H,1-2H3,(H,18,19)/b6-3+. The number of nitrogens with one attached hydrogen (secondary N) is 1. The second-order valence-corrected chi connectivity index (χ2v) is 4.27. The van der Waals surface area contributed by atoms with E-state index in [9.17, 15) is 4.79 Å². The van der Waals surface area contributed by atoms with Crippen molar-refractivity contribution in [2.24, 2.45) is 0 Å². The smallest absolute Gasteiger partial charge is 0.248 e. The lowest BCUT2D eigenvalue weighted by atomic mass is 10.3. The number of carbonyl (C=O) groups excluding carboxylic acids is 1. The molecule has 0 aliphatic heterocycles. The minimum absolute atomic E-state index is 0.157. The molecule has 0 aliphatic carbocycles. The fourth-order valence-electron chi connectivity index (χ4n) is 1.77. The summed E-state index contributed by atoms with van der Waals surface area (Å²) in [5.41, 5.74) is 0.713. The van der Waals surface area contributed by atoms with Crippen LogP contribution < -0.4 is 14.8 Å². The van der Waals surface area contributed by atoms with Gasteiger partial charge in [0.1, 0.15) is 5.75 Å². The zero-order valence-corrected chi connectivity index (χ0v) is 12.0. The summed E-state index contributed by atoms with van der Waals surface area (Å²) in [5, 5.41) is 2.75. The van der Waals surface area contributed by atoms with Crippen LogP contribution in [-0.4, -0.2) is 13.0 Å². The molecular formula is C17H17NO3. The lowest BCUT2D eigenvalue weighted by Gasteiger charge is -2.10. The van der Waals surface area contributed by atoms with E-state index < -0.39 is 0 Å². The van der Waals surface area contributed by atoms with Gasteiger partial charge in [0.2, 0.25) is 5.91 Å². The molecule has 0 bridgehead atoms. The number of hydrogen-bond acceptors (Lipinski definition) is 3. The minimum Gasteiger partial charge on any atom is -0.493 e. The van der Waals surface area contributed by atoms with Gasteiger partial charge in [-0.15, -0.1) is 0 Å². The molecule has 0 spiro atoms. The molecule has 0 atom stereocenters. The van der Waals surface area contributed by atoms with Gasteiger partial charge in [-0.2, -0.15) is 0 Å². The molecule has 1 amide bonds. The van der Waals surface area contributed by atoms with Crippen LogP contribution in [0.25, 0.3) is 0 Å². The number of para-hydroxylation sites is 2. The third kappa shape index (κ3) is 4.11. The van der Waals surface area contributed by atoms with Crippen molar-refractivity contribution in [1.82, 2.24) is 0 Å². The van der Waals surface area contributed by atoms with Crippen molar-refractivity contribution in [2.45, 2.75) is 6.92 Å². The van der Waals surface area contributed by atoms with Gasteiger partial charge in [0.25, 0.3) is 0 Å². The number of carbonyl (C=O) groups is 1. The van der Waals surface area contributed by atoms with E-state index in [-0.39, 0.29) is 5.91 Å². The first-order valence-electron chi connectivity index (χ1n) is 6.57. The average molecular weight is 283 g/mol. The number of allylic oxidation sites excluding steroid dienone is 1. The number of methoxy groups -OCH3 is 1. The van der Waals surface area contributed by atoms with Crippen molar-refractivity contribution in [3.63, 3.8) is 0 Å². The van der Waals surface area contributed by atoms with E-state index in [1.54, 1.807) is 44.4 Å². The number of hydrogen-bond donors (Lipinski definition) is 1. The highest BCUT2D eigenvalue weighted by Gasteiger charge is 2.04. The van der Waals surface area contributed by atoms with E-state index in [4.69, 9.17) is 9.47 Å². The Kier molecular flexibility index (Phi) is 4.99. The molecule has 4 nitrogen and oxygen atoms in total. The molecule has 108 valence electrons. The number of anilines is 1. The van der Waals surface area contributed by atoms with Gasteiger partial charge < -0.3 is 14.8 Å². The Morgan fingerprint density at radius 2 is 1.71 bits per heavy atom. The van der Waals surface area contributed by atoms with Gasteiger partial charge in [-0.3, -0.25) is 4.79 Å². The Morgan fingerprint density at radius 3 is 2.33 bits per heavy atom. The van der Waals surface area contributed by atoms with Crippen molar-refractivity contribution in [2.75, 3.05) is 12.4 Å². The van der Waals surface area contributed by atoms with Crippen LogP contribution in [0, 0.1) is 0 Å². The predicted molar refractivity (Wildman–Crippen MR) is 83.0 cm³/mol. The van der Waals surface area contributed by atoms with Crippen molar-refractivity contribution < 1.29 is 14.3 Å². The van der Waals surface area contributed by atoms with E-state index >= 15 is 0 Å². The summed E-state index contributed by atoms with van der Waals surface area (Å²) in [7, 11) is 1.60. The largest absolute Gasteiger partial charge is 0.493 e. The Hall–Kier alpha value is -2.75. The Morgan fingerprint density at radius 1 is 1.05 bits per heavy atom.